The van der Waals surface area contributed by atoms with E-state index in [4.69, 9.17) is 5.73 Å². The number of amides is 2. The Kier molecular flexibility index (Phi) is 3.95. The van der Waals surface area contributed by atoms with Crippen LogP contribution in [0.1, 0.15) is 5.56 Å². The molecule has 0 aliphatic rings. The fourth-order valence-corrected chi connectivity index (χ4v) is 1.73. The molecule has 2 amide bonds. The molecule has 0 aromatic heterocycles. The molecule has 0 saturated heterocycles. The van der Waals surface area contributed by atoms with Gasteiger partial charge in [0, 0.05) is 23.5 Å². The largest absolute Gasteiger partial charge is 0.504 e. The molecule has 20 heavy (non-hydrogen) atoms. The minimum absolute atomic E-state index is 0.132. The second-order valence-corrected chi connectivity index (χ2v) is 4.21. The maximum absolute atomic E-state index is 10.7. The molecular weight excluding hydrogens is 258 g/mol. The Hall–Kier alpha value is -2.89. The number of primary amides is 1. The van der Waals surface area contributed by atoms with Gasteiger partial charge < -0.3 is 26.6 Å². The predicted molar refractivity (Wildman–Crippen MR) is 76.7 cm³/mol. The van der Waals surface area contributed by atoms with Crippen LogP contribution in [-0.4, -0.2) is 16.2 Å². The van der Waals surface area contributed by atoms with Crippen molar-refractivity contribution in [1.29, 1.82) is 0 Å². The van der Waals surface area contributed by atoms with Crippen LogP contribution in [0.2, 0.25) is 0 Å². The lowest BCUT2D eigenvalue weighted by atomic mass is 10.2. The number of nitrogens with two attached hydrogens (primary N) is 1. The number of benzene rings is 2. The Morgan fingerprint density at radius 2 is 1.70 bits per heavy atom. The van der Waals surface area contributed by atoms with Gasteiger partial charge in [-0.05, 0) is 30.3 Å². The number of rotatable bonds is 4. The fourth-order valence-electron chi connectivity index (χ4n) is 1.73. The third kappa shape index (κ3) is 3.32. The van der Waals surface area contributed by atoms with E-state index in [1.54, 1.807) is 36.4 Å². The Morgan fingerprint density at radius 1 is 1.05 bits per heavy atom. The molecule has 0 saturated carbocycles. The molecule has 2 aromatic carbocycles. The van der Waals surface area contributed by atoms with Gasteiger partial charge in [-0.15, -0.1) is 0 Å². The molecule has 0 aliphatic heterocycles. The number of urea groups is 1. The lowest BCUT2D eigenvalue weighted by Crippen LogP contribution is -2.19. The maximum atomic E-state index is 10.7. The Labute approximate surface area is 115 Å². The first-order valence-corrected chi connectivity index (χ1v) is 5.96. The quantitative estimate of drug-likeness (QED) is 0.550. The molecule has 0 atom stereocenters. The maximum Gasteiger partial charge on any atom is 0.316 e. The van der Waals surface area contributed by atoms with E-state index in [-0.39, 0.29) is 11.5 Å². The summed E-state index contributed by atoms with van der Waals surface area (Å²) in [5, 5.41) is 24.6. The first-order chi connectivity index (χ1) is 9.56. The number of carbonyl (C=O) groups excluding carboxylic acids is 1. The first-order valence-electron chi connectivity index (χ1n) is 5.96. The topological polar surface area (TPSA) is 108 Å². The highest BCUT2D eigenvalue weighted by atomic mass is 16.3. The lowest BCUT2D eigenvalue weighted by molar-refractivity contribution is 0.259. The van der Waals surface area contributed by atoms with Crippen LogP contribution in [0.25, 0.3) is 0 Å². The van der Waals surface area contributed by atoms with Crippen molar-refractivity contribution < 1.29 is 15.0 Å². The molecular formula is C14H15N3O3. The first kappa shape index (κ1) is 13.5. The summed E-state index contributed by atoms with van der Waals surface area (Å²) in [5.74, 6) is -0.280. The van der Waals surface area contributed by atoms with Crippen LogP contribution in [0.5, 0.6) is 11.5 Å². The van der Waals surface area contributed by atoms with Crippen LogP contribution in [0, 0.1) is 0 Å². The van der Waals surface area contributed by atoms with Crippen molar-refractivity contribution in [2.75, 3.05) is 10.6 Å². The fraction of sp³-hybridized carbons (Fsp3) is 0.0714. The van der Waals surface area contributed by atoms with Gasteiger partial charge in [0.2, 0.25) is 0 Å². The summed E-state index contributed by atoms with van der Waals surface area (Å²) < 4.78 is 0. The van der Waals surface area contributed by atoms with Gasteiger partial charge in [-0.25, -0.2) is 4.79 Å². The van der Waals surface area contributed by atoms with Crippen LogP contribution in [0.4, 0.5) is 16.2 Å². The van der Waals surface area contributed by atoms with E-state index in [0.29, 0.717) is 17.8 Å². The molecule has 0 unspecified atom stereocenters. The number of aromatic hydroxyl groups is 2. The van der Waals surface area contributed by atoms with Crippen LogP contribution in [0.3, 0.4) is 0 Å². The van der Waals surface area contributed by atoms with Gasteiger partial charge in [-0.2, -0.15) is 0 Å². The minimum atomic E-state index is -0.615. The van der Waals surface area contributed by atoms with Crippen LogP contribution < -0.4 is 16.4 Å². The van der Waals surface area contributed by atoms with Gasteiger partial charge in [0.05, 0.1) is 0 Å². The number of anilines is 2. The summed E-state index contributed by atoms with van der Waals surface area (Å²) in [5.41, 5.74) is 7.01. The van der Waals surface area contributed by atoms with Crippen molar-refractivity contribution in [2.24, 2.45) is 5.73 Å². The smallest absolute Gasteiger partial charge is 0.316 e. The molecule has 2 aromatic rings. The van der Waals surface area contributed by atoms with Gasteiger partial charge >= 0.3 is 6.03 Å². The molecule has 6 nitrogen and oxygen atoms in total. The van der Waals surface area contributed by atoms with E-state index >= 15 is 0 Å². The second kappa shape index (κ2) is 5.83. The van der Waals surface area contributed by atoms with Gasteiger partial charge in [0.15, 0.2) is 11.5 Å². The summed E-state index contributed by atoms with van der Waals surface area (Å²) in [6.07, 6.45) is 0. The van der Waals surface area contributed by atoms with Crippen LogP contribution in [0.15, 0.2) is 42.5 Å². The summed E-state index contributed by atoms with van der Waals surface area (Å²) in [4.78, 5) is 10.7. The molecule has 0 aliphatic carbocycles. The zero-order valence-electron chi connectivity index (χ0n) is 10.6. The zero-order chi connectivity index (χ0) is 14.5. The number of hydrogen-bond donors (Lipinski definition) is 5. The van der Waals surface area contributed by atoms with Gasteiger partial charge in [0.25, 0.3) is 0 Å². The van der Waals surface area contributed by atoms with Crippen molar-refractivity contribution in [3.8, 4) is 11.5 Å². The monoisotopic (exact) mass is 273 g/mol. The predicted octanol–water partition coefficient (Wildman–Crippen LogP) is 2.20. The lowest BCUT2D eigenvalue weighted by Gasteiger charge is -2.09. The summed E-state index contributed by atoms with van der Waals surface area (Å²) in [6.45, 7) is 0.364. The van der Waals surface area contributed by atoms with Gasteiger partial charge in [-0.1, -0.05) is 12.1 Å². The van der Waals surface area contributed by atoms with Crippen molar-refractivity contribution in [3.63, 3.8) is 0 Å². The van der Waals surface area contributed by atoms with Gasteiger partial charge in [-0.3, -0.25) is 0 Å². The zero-order valence-corrected chi connectivity index (χ0v) is 10.6. The number of carbonyl (C=O) groups is 1. The summed E-state index contributed by atoms with van der Waals surface area (Å²) >= 11 is 0. The van der Waals surface area contributed by atoms with Crippen molar-refractivity contribution in [3.05, 3.63) is 48.0 Å². The third-order valence-electron chi connectivity index (χ3n) is 2.73. The molecule has 0 heterocycles. The van der Waals surface area contributed by atoms with Crippen molar-refractivity contribution >= 4 is 17.4 Å². The molecule has 0 fully saturated rings. The third-order valence-corrected chi connectivity index (χ3v) is 2.73. The second-order valence-electron chi connectivity index (χ2n) is 4.21. The van der Waals surface area contributed by atoms with E-state index < -0.39 is 6.03 Å². The van der Waals surface area contributed by atoms with Crippen molar-refractivity contribution in [2.45, 2.75) is 6.54 Å². The number of para-hydroxylation sites is 1. The normalized spacial score (nSPS) is 10.0. The number of phenolic OH excluding ortho intramolecular Hbond substituents is 2. The summed E-state index contributed by atoms with van der Waals surface area (Å²) in [6, 6.07) is 11.1. The molecule has 104 valence electrons. The van der Waals surface area contributed by atoms with E-state index in [9.17, 15) is 15.0 Å². The molecule has 6 N–H and O–H groups in total. The molecule has 2 rings (SSSR count). The van der Waals surface area contributed by atoms with Crippen molar-refractivity contribution in [1.82, 2.24) is 0 Å². The number of phenols is 2. The standard InChI is InChI=1S/C14H15N3O3/c15-14(20)17-11-6-4-10(5-7-11)16-8-9-2-1-3-12(18)13(9)19/h1-7,16,18-19H,8H2,(H3,15,17,20). The molecule has 0 bridgehead atoms. The van der Waals surface area contributed by atoms with Gasteiger partial charge in [0.1, 0.15) is 0 Å². The van der Waals surface area contributed by atoms with Crippen LogP contribution in [-0.2, 0) is 6.54 Å². The number of hydrogen-bond acceptors (Lipinski definition) is 4. The molecule has 0 spiro atoms. The Morgan fingerprint density at radius 3 is 2.35 bits per heavy atom. The average molecular weight is 273 g/mol. The molecule has 0 radical (unpaired) electrons. The SMILES string of the molecule is NC(=O)Nc1ccc(NCc2cccc(O)c2O)cc1. The highest BCUT2D eigenvalue weighted by molar-refractivity contribution is 5.87. The Balaban J connectivity index is 2.00. The van der Waals surface area contributed by atoms with Crippen LogP contribution >= 0.6 is 0 Å². The van der Waals surface area contributed by atoms with E-state index in [1.807, 2.05) is 0 Å². The highest BCUT2D eigenvalue weighted by Gasteiger charge is 2.05. The number of nitrogens with one attached hydrogen (secondary N) is 2. The summed E-state index contributed by atoms with van der Waals surface area (Å²) in [7, 11) is 0. The van der Waals surface area contributed by atoms with E-state index in [1.165, 1.54) is 6.07 Å². The highest BCUT2D eigenvalue weighted by Crippen LogP contribution is 2.28. The average Bonchev–Trinajstić information content (AvgIpc) is 2.41. The minimum Gasteiger partial charge on any atom is -0.504 e. The molecule has 6 heteroatoms. The van der Waals surface area contributed by atoms with E-state index in [0.717, 1.165) is 5.69 Å². The van der Waals surface area contributed by atoms with E-state index in [2.05, 4.69) is 10.6 Å². The Bertz CT molecular complexity index is 612.